The van der Waals surface area contributed by atoms with Crippen molar-refractivity contribution < 1.29 is 19.3 Å². The Morgan fingerprint density at radius 2 is 1.31 bits per heavy atom. The number of ether oxygens (including phenoxy) is 3. The molecule has 0 fully saturated rings. The summed E-state index contributed by atoms with van der Waals surface area (Å²) >= 11 is 0. The van der Waals surface area contributed by atoms with Crippen molar-refractivity contribution in [2.45, 2.75) is 19.8 Å². The third-order valence-electron chi connectivity index (χ3n) is 2.31. The fourth-order valence-electron chi connectivity index (χ4n) is 1.68. The summed E-state index contributed by atoms with van der Waals surface area (Å²) in [7, 11) is 4.88. The maximum absolute atomic E-state index is 9.59. The highest BCUT2D eigenvalue weighted by molar-refractivity contribution is 5.41. The van der Waals surface area contributed by atoms with Crippen molar-refractivity contribution in [2.24, 2.45) is 0 Å². The first-order valence-electron chi connectivity index (χ1n) is 5.03. The predicted octanol–water partition coefficient (Wildman–Crippen LogP) is 1.83. The van der Waals surface area contributed by atoms with Crippen molar-refractivity contribution in [3.05, 3.63) is 28.8 Å². The van der Waals surface area contributed by atoms with Gasteiger partial charge in [-0.15, -0.1) is 0 Å². The molecule has 0 heterocycles. The normalized spacial score (nSPS) is 10.7. The first kappa shape index (κ1) is 13.0. The maximum atomic E-state index is 9.59. The van der Waals surface area contributed by atoms with Gasteiger partial charge in [0.05, 0.1) is 19.8 Å². The second-order valence-electron chi connectivity index (χ2n) is 3.54. The molecule has 0 saturated heterocycles. The molecule has 16 heavy (non-hydrogen) atoms. The zero-order valence-corrected chi connectivity index (χ0v) is 9.95. The Hall–Kier alpha value is -1.10. The summed E-state index contributed by atoms with van der Waals surface area (Å²) in [5.74, 6) is 0.221. The number of hydrogen-bond donors (Lipinski definition) is 1. The van der Waals surface area contributed by atoms with Crippen LogP contribution in [0, 0.1) is 0 Å². The van der Waals surface area contributed by atoms with Gasteiger partial charge in [0.1, 0.15) is 5.75 Å². The molecule has 90 valence electrons. The van der Waals surface area contributed by atoms with Crippen molar-refractivity contribution in [3.63, 3.8) is 0 Å². The first-order valence-corrected chi connectivity index (χ1v) is 5.03. The number of benzene rings is 1. The molecule has 1 rings (SSSR count). The van der Waals surface area contributed by atoms with Gasteiger partial charge in [-0.05, 0) is 28.8 Å². The van der Waals surface area contributed by atoms with Crippen LogP contribution >= 0.6 is 0 Å². The lowest BCUT2D eigenvalue weighted by atomic mass is 10.0. The SMILES string of the molecule is COCc1cc(O)cc(COC)c1COC. The van der Waals surface area contributed by atoms with Crippen molar-refractivity contribution in [1.29, 1.82) is 0 Å². The molecule has 0 radical (unpaired) electrons. The Morgan fingerprint density at radius 3 is 1.69 bits per heavy atom. The number of phenols is 1. The second kappa shape index (κ2) is 6.48. The van der Waals surface area contributed by atoms with Gasteiger partial charge in [0, 0.05) is 21.3 Å². The molecule has 1 N–H and O–H groups in total. The smallest absolute Gasteiger partial charge is 0.116 e. The maximum Gasteiger partial charge on any atom is 0.116 e. The van der Waals surface area contributed by atoms with Gasteiger partial charge in [-0.1, -0.05) is 0 Å². The molecule has 0 aromatic heterocycles. The largest absolute Gasteiger partial charge is 0.508 e. The third-order valence-corrected chi connectivity index (χ3v) is 2.31. The van der Waals surface area contributed by atoms with Crippen LogP contribution in [0.3, 0.4) is 0 Å². The molecule has 0 bridgehead atoms. The predicted molar refractivity (Wildman–Crippen MR) is 60.2 cm³/mol. The topological polar surface area (TPSA) is 47.9 Å². The third kappa shape index (κ3) is 3.20. The van der Waals surface area contributed by atoms with E-state index in [9.17, 15) is 5.11 Å². The van der Waals surface area contributed by atoms with Crippen molar-refractivity contribution >= 4 is 0 Å². The van der Waals surface area contributed by atoms with E-state index in [1.807, 2.05) is 0 Å². The van der Waals surface area contributed by atoms with E-state index in [2.05, 4.69) is 0 Å². The minimum absolute atomic E-state index is 0.221. The molecule has 0 amide bonds. The molecule has 4 nitrogen and oxygen atoms in total. The molecule has 0 aliphatic heterocycles. The van der Waals surface area contributed by atoms with Crippen molar-refractivity contribution in [2.75, 3.05) is 21.3 Å². The summed E-state index contributed by atoms with van der Waals surface area (Å²) < 4.78 is 15.3. The zero-order valence-electron chi connectivity index (χ0n) is 9.95. The fraction of sp³-hybridized carbons (Fsp3) is 0.500. The highest BCUT2D eigenvalue weighted by Crippen LogP contribution is 2.24. The lowest BCUT2D eigenvalue weighted by Gasteiger charge is -2.14. The molecule has 1 aromatic carbocycles. The van der Waals surface area contributed by atoms with Crippen LogP contribution in [0.4, 0.5) is 0 Å². The van der Waals surface area contributed by atoms with Crippen LogP contribution in [-0.4, -0.2) is 26.4 Å². The number of aromatic hydroxyl groups is 1. The fourth-order valence-corrected chi connectivity index (χ4v) is 1.68. The van der Waals surface area contributed by atoms with Crippen molar-refractivity contribution in [1.82, 2.24) is 0 Å². The van der Waals surface area contributed by atoms with E-state index in [1.165, 1.54) is 0 Å². The Bertz CT molecular complexity index is 309. The zero-order chi connectivity index (χ0) is 12.0. The summed E-state index contributed by atoms with van der Waals surface area (Å²) in [5, 5.41) is 9.59. The minimum Gasteiger partial charge on any atom is -0.508 e. The van der Waals surface area contributed by atoms with Crippen LogP contribution in [0.15, 0.2) is 12.1 Å². The average Bonchev–Trinajstić information content (AvgIpc) is 2.24. The number of hydrogen-bond acceptors (Lipinski definition) is 4. The second-order valence-corrected chi connectivity index (χ2v) is 3.54. The Morgan fingerprint density at radius 1 is 0.875 bits per heavy atom. The molecule has 0 spiro atoms. The molecule has 0 aliphatic rings. The van der Waals surface area contributed by atoms with E-state index in [0.29, 0.717) is 19.8 Å². The minimum atomic E-state index is 0.221. The van der Waals surface area contributed by atoms with Gasteiger partial charge in [0.2, 0.25) is 0 Å². The number of rotatable bonds is 6. The van der Waals surface area contributed by atoms with Crippen LogP contribution in [0.5, 0.6) is 5.75 Å². The van der Waals surface area contributed by atoms with Crippen LogP contribution in [0.2, 0.25) is 0 Å². The number of methoxy groups -OCH3 is 3. The van der Waals surface area contributed by atoms with Crippen molar-refractivity contribution in [3.8, 4) is 5.75 Å². The molecule has 1 aromatic rings. The molecule has 0 unspecified atom stereocenters. The Labute approximate surface area is 95.8 Å². The quantitative estimate of drug-likeness (QED) is 0.804. The van der Waals surface area contributed by atoms with E-state index >= 15 is 0 Å². The van der Waals surface area contributed by atoms with Crippen LogP contribution in [-0.2, 0) is 34.0 Å². The van der Waals surface area contributed by atoms with Gasteiger partial charge in [0.15, 0.2) is 0 Å². The Kier molecular flexibility index (Phi) is 5.25. The molecule has 0 atom stereocenters. The summed E-state index contributed by atoms with van der Waals surface area (Å²) in [6.45, 7) is 1.38. The summed E-state index contributed by atoms with van der Waals surface area (Å²) in [6, 6.07) is 3.38. The summed E-state index contributed by atoms with van der Waals surface area (Å²) in [4.78, 5) is 0. The summed E-state index contributed by atoms with van der Waals surface area (Å²) in [5.41, 5.74) is 2.87. The van der Waals surface area contributed by atoms with Gasteiger partial charge in [-0.2, -0.15) is 0 Å². The van der Waals surface area contributed by atoms with Gasteiger partial charge in [-0.25, -0.2) is 0 Å². The van der Waals surface area contributed by atoms with E-state index in [1.54, 1.807) is 33.5 Å². The van der Waals surface area contributed by atoms with Gasteiger partial charge in [-0.3, -0.25) is 0 Å². The molecule has 0 saturated carbocycles. The van der Waals surface area contributed by atoms with Gasteiger partial charge < -0.3 is 19.3 Å². The van der Waals surface area contributed by atoms with Crippen LogP contribution in [0.25, 0.3) is 0 Å². The molecular formula is C12H18O4. The summed E-state index contributed by atoms with van der Waals surface area (Å²) in [6.07, 6.45) is 0. The number of phenolic OH excluding ortho intramolecular Hbond substituents is 1. The van der Waals surface area contributed by atoms with Gasteiger partial charge >= 0.3 is 0 Å². The monoisotopic (exact) mass is 226 g/mol. The Balaban J connectivity index is 3.12. The van der Waals surface area contributed by atoms with Crippen LogP contribution < -0.4 is 0 Å². The highest BCUT2D eigenvalue weighted by atomic mass is 16.5. The van der Waals surface area contributed by atoms with E-state index in [-0.39, 0.29) is 5.75 Å². The lowest BCUT2D eigenvalue weighted by molar-refractivity contribution is 0.158. The lowest BCUT2D eigenvalue weighted by Crippen LogP contribution is -2.04. The van der Waals surface area contributed by atoms with E-state index in [0.717, 1.165) is 16.7 Å². The van der Waals surface area contributed by atoms with Gasteiger partial charge in [0.25, 0.3) is 0 Å². The average molecular weight is 226 g/mol. The van der Waals surface area contributed by atoms with Crippen LogP contribution in [0.1, 0.15) is 16.7 Å². The first-order chi connectivity index (χ1) is 7.72. The highest BCUT2D eigenvalue weighted by Gasteiger charge is 2.10. The van der Waals surface area contributed by atoms with E-state index in [4.69, 9.17) is 14.2 Å². The molecule has 4 heteroatoms. The standard InChI is InChI=1S/C12H18O4/c1-14-6-9-4-11(13)5-10(7-15-2)12(9)8-16-3/h4-5,13H,6-8H2,1-3H3. The molecule has 0 aliphatic carbocycles. The van der Waals surface area contributed by atoms with E-state index < -0.39 is 0 Å². The molecular weight excluding hydrogens is 208 g/mol.